The van der Waals surface area contributed by atoms with E-state index in [4.69, 9.17) is 0 Å². The highest BCUT2D eigenvalue weighted by Gasteiger charge is 2.12. The average molecular weight is 179 g/mol. The van der Waals surface area contributed by atoms with Crippen molar-refractivity contribution in [3.8, 4) is 0 Å². The fraction of sp³-hybridized carbons (Fsp3) is 0.500. The minimum Gasteiger partial charge on any atom is -0.239 e. The zero-order valence-electron chi connectivity index (χ0n) is 7.65. The normalized spacial score (nSPS) is 13.4. The molecule has 0 aliphatic heterocycles. The first-order valence-corrected chi connectivity index (χ1v) is 4.34. The Hall–Kier alpha value is -1.52. The molecule has 0 aliphatic rings. The van der Waals surface area contributed by atoms with Crippen LogP contribution < -0.4 is 0 Å². The Balaban J connectivity index is 0.000000980. The number of nitrogens with one attached hydrogen (secondary N) is 1. The highest BCUT2D eigenvalue weighted by atomic mass is 15.3. The summed E-state index contributed by atoms with van der Waals surface area (Å²) < 4.78 is 0. The minimum atomic E-state index is 0. The van der Waals surface area contributed by atoms with Crippen LogP contribution in [0.1, 0.15) is 33.3 Å². The van der Waals surface area contributed by atoms with Crippen molar-refractivity contribution in [1.82, 2.24) is 25.4 Å². The number of aromatic nitrogens is 5. The summed E-state index contributed by atoms with van der Waals surface area (Å²) in [7, 11) is 0. The highest BCUT2D eigenvalue weighted by molar-refractivity contribution is 5.71. The molecule has 1 atom stereocenters. The average Bonchev–Trinajstić information content (AvgIpc) is 2.63. The predicted molar refractivity (Wildman–Crippen MR) is 50.3 cm³/mol. The number of hydrogen-bond acceptors (Lipinski definition) is 4. The molecule has 2 aromatic heterocycles. The Kier molecular flexibility index (Phi) is 1.92. The van der Waals surface area contributed by atoms with Crippen LogP contribution in [0.15, 0.2) is 6.33 Å². The van der Waals surface area contributed by atoms with Crippen molar-refractivity contribution in [2.45, 2.75) is 26.2 Å². The molecule has 2 heterocycles. The van der Waals surface area contributed by atoms with Crippen molar-refractivity contribution in [2.24, 2.45) is 0 Å². The molecule has 0 bridgehead atoms. The Morgan fingerprint density at radius 1 is 1.46 bits per heavy atom. The van der Waals surface area contributed by atoms with Crippen LogP contribution >= 0.6 is 0 Å². The molecule has 2 rings (SSSR count). The van der Waals surface area contributed by atoms with Gasteiger partial charge < -0.3 is 0 Å². The van der Waals surface area contributed by atoms with Gasteiger partial charge in [-0.1, -0.05) is 13.8 Å². The van der Waals surface area contributed by atoms with E-state index in [1.165, 1.54) is 6.33 Å². The molecular formula is C8H13N5. The standard InChI is InChI=1S/C8H11N5.H2/c1-3-5(2)6-7-8(10-4-9-6)12-13-11-7;/h4-5H,3H2,1-2H3,(H,9,10,11,12,13);1H. The monoisotopic (exact) mass is 179 g/mol. The first-order valence-electron chi connectivity index (χ1n) is 4.34. The van der Waals surface area contributed by atoms with Crippen LogP contribution in [0.5, 0.6) is 0 Å². The van der Waals surface area contributed by atoms with Gasteiger partial charge in [0.25, 0.3) is 0 Å². The van der Waals surface area contributed by atoms with Gasteiger partial charge in [-0.2, -0.15) is 10.3 Å². The fourth-order valence-corrected chi connectivity index (χ4v) is 1.25. The Morgan fingerprint density at radius 2 is 2.31 bits per heavy atom. The van der Waals surface area contributed by atoms with E-state index in [1.54, 1.807) is 0 Å². The van der Waals surface area contributed by atoms with Gasteiger partial charge in [-0.15, -0.1) is 5.10 Å². The van der Waals surface area contributed by atoms with E-state index in [9.17, 15) is 0 Å². The SMILES string of the molecule is CCC(C)c1ncnc2n[nH]nc12.[HH]. The Bertz CT molecular complexity index is 413. The molecule has 70 valence electrons. The molecule has 0 aromatic carbocycles. The van der Waals surface area contributed by atoms with E-state index in [1.807, 2.05) is 0 Å². The summed E-state index contributed by atoms with van der Waals surface area (Å²) in [5, 5.41) is 10.5. The summed E-state index contributed by atoms with van der Waals surface area (Å²) in [6.07, 6.45) is 2.57. The van der Waals surface area contributed by atoms with Gasteiger partial charge in [0.15, 0.2) is 5.52 Å². The van der Waals surface area contributed by atoms with E-state index in [-0.39, 0.29) is 1.43 Å². The molecule has 0 fully saturated rings. The molecule has 2 aromatic rings. The van der Waals surface area contributed by atoms with Gasteiger partial charge >= 0.3 is 0 Å². The van der Waals surface area contributed by atoms with E-state index in [0.717, 1.165) is 17.6 Å². The largest absolute Gasteiger partial charge is 0.239 e. The highest BCUT2D eigenvalue weighted by Crippen LogP contribution is 2.20. The first-order chi connectivity index (χ1) is 6.33. The third-order valence-corrected chi connectivity index (χ3v) is 2.23. The number of hydrogen-bond donors (Lipinski definition) is 1. The molecule has 0 saturated heterocycles. The van der Waals surface area contributed by atoms with Crippen LogP contribution in [0.3, 0.4) is 0 Å². The smallest absolute Gasteiger partial charge is 0.204 e. The second-order valence-corrected chi connectivity index (χ2v) is 3.06. The van der Waals surface area contributed by atoms with Crippen molar-refractivity contribution < 1.29 is 1.43 Å². The second kappa shape index (κ2) is 3.08. The van der Waals surface area contributed by atoms with E-state index < -0.39 is 0 Å². The van der Waals surface area contributed by atoms with Gasteiger partial charge in [0.1, 0.15) is 6.33 Å². The van der Waals surface area contributed by atoms with Gasteiger partial charge in [0.2, 0.25) is 5.65 Å². The third-order valence-electron chi connectivity index (χ3n) is 2.23. The maximum absolute atomic E-state index is 4.22. The summed E-state index contributed by atoms with van der Waals surface area (Å²) in [6.45, 7) is 4.25. The van der Waals surface area contributed by atoms with Gasteiger partial charge in [0, 0.05) is 7.34 Å². The third kappa shape index (κ3) is 1.26. The molecular weight excluding hydrogens is 166 g/mol. The maximum Gasteiger partial charge on any atom is 0.204 e. The first kappa shape index (κ1) is 8.10. The number of nitrogens with zero attached hydrogens (tertiary/aromatic N) is 4. The summed E-state index contributed by atoms with van der Waals surface area (Å²) in [6, 6.07) is 0. The second-order valence-electron chi connectivity index (χ2n) is 3.06. The predicted octanol–water partition coefficient (Wildman–Crippen LogP) is 1.51. The molecule has 1 unspecified atom stereocenters. The van der Waals surface area contributed by atoms with Gasteiger partial charge in [0.05, 0.1) is 5.69 Å². The number of H-pyrrole nitrogens is 1. The van der Waals surface area contributed by atoms with Crippen LogP contribution in [-0.4, -0.2) is 25.4 Å². The van der Waals surface area contributed by atoms with Crippen LogP contribution in [0.25, 0.3) is 11.2 Å². The summed E-state index contributed by atoms with van der Waals surface area (Å²) in [4.78, 5) is 8.22. The molecule has 0 radical (unpaired) electrons. The minimum absolute atomic E-state index is 0. The van der Waals surface area contributed by atoms with Crippen LogP contribution in [0, 0.1) is 0 Å². The lowest BCUT2D eigenvalue weighted by Gasteiger charge is -2.05. The summed E-state index contributed by atoms with van der Waals surface area (Å²) in [5.41, 5.74) is 2.41. The van der Waals surface area contributed by atoms with Crippen molar-refractivity contribution in [3.63, 3.8) is 0 Å². The van der Waals surface area contributed by atoms with Crippen molar-refractivity contribution >= 4 is 11.2 Å². The van der Waals surface area contributed by atoms with Crippen LogP contribution in [-0.2, 0) is 0 Å². The van der Waals surface area contributed by atoms with E-state index >= 15 is 0 Å². The van der Waals surface area contributed by atoms with E-state index in [0.29, 0.717) is 11.6 Å². The van der Waals surface area contributed by atoms with Gasteiger partial charge in [-0.25, -0.2) is 9.97 Å². The van der Waals surface area contributed by atoms with Gasteiger partial charge in [-0.3, -0.25) is 0 Å². The zero-order valence-corrected chi connectivity index (χ0v) is 7.65. The van der Waals surface area contributed by atoms with Crippen molar-refractivity contribution in [3.05, 3.63) is 12.0 Å². The lowest BCUT2D eigenvalue weighted by molar-refractivity contribution is 0.710. The molecule has 0 amide bonds. The summed E-state index contributed by atoms with van der Waals surface area (Å²) >= 11 is 0. The van der Waals surface area contributed by atoms with E-state index in [2.05, 4.69) is 39.2 Å². The fourth-order valence-electron chi connectivity index (χ4n) is 1.25. The Morgan fingerprint density at radius 3 is 3.08 bits per heavy atom. The Labute approximate surface area is 77.1 Å². The number of rotatable bonds is 2. The summed E-state index contributed by atoms with van der Waals surface area (Å²) in [5.74, 6) is 0.399. The number of fused-ring (bicyclic) bond motifs is 1. The van der Waals surface area contributed by atoms with Crippen molar-refractivity contribution in [2.75, 3.05) is 0 Å². The molecule has 1 N–H and O–H groups in total. The topological polar surface area (TPSA) is 67.3 Å². The molecule has 0 saturated carbocycles. The maximum atomic E-state index is 4.22. The van der Waals surface area contributed by atoms with Gasteiger partial charge in [-0.05, 0) is 6.42 Å². The lowest BCUT2D eigenvalue weighted by Crippen LogP contribution is -1.97. The number of aromatic amines is 1. The molecule has 13 heavy (non-hydrogen) atoms. The molecule has 0 aliphatic carbocycles. The lowest BCUT2D eigenvalue weighted by atomic mass is 10.0. The molecule has 5 heteroatoms. The van der Waals surface area contributed by atoms with Crippen LogP contribution in [0.2, 0.25) is 0 Å². The zero-order chi connectivity index (χ0) is 9.26. The quantitative estimate of drug-likeness (QED) is 0.758. The van der Waals surface area contributed by atoms with Crippen LogP contribution in [0.4, 0.5) is 0 Å². The molecule has 5 nitrogen and oxygen atoms in total. The van der Waals surface area contributed by atoms with Crippen molar-refractivity contribution in [1.29, 1.82) is 0 Å². The molecule has 0 spiro atoms.